The Morgan fingerprint density at radius 3 is 2.12 bits per heavy atom. The van der Waals surface area contributed by atoms with Crippen LogP contribution in [-0.2, 0) is 20.9 Å². The van der Waals surface area contributed by atoms with Crippen LogP contribution in [0, 0.1) is 5.82 Å². The highest BCUT2D eigenvalue weighted by molar-refractivity contribution is 6.19. The monoisotopic (exact) mass is 327 g/mol. The van der Waals surface area contributed by atoms with E-state index in [1.54, 1.807) is 0 Å². The van der Waals surface area contributed by atoms with E-state index in [2.05, 4.69) is 0 Å². The normalized spacial score (nSPS) is 14.1. The van der Waals surface area contributed by atoms with Crippen molar-refractivity contribution in [3.05, 3.63) is 65.5 Å². The van der Waals surface area contributed by atoms with Gasteiger partial charge in [-0.15, -0.1) is 0 Å². The van der Waals surface area contributed by atoms with Crippen molar-refractivity contribution in [2.24, 2.45) is 0 Å². The van der Waals surface area contributed by atoms with Crippen LogP contribution in [0.1, 0.15) is 28.8 Å². The average Bonchev–Trinajstić information content (AvgIpc) is 2.93. The summed E-state index contributed by atoms with van der Waals surface area (Å²) in [5, 5.41) is 0. The van der Waals surface area contributed by atoms with E-state index in [-0.39, 0.29) is 37.1 Å². The Kier molecular flexibility index (Phi) is 4.37. The third-order valence-electron chi connectivity index (χ3n) is 3.70. The van der Waals surface area contributed by atoms with E-state index in [9.17, 15) is 18.8 Å². The first-order valence-corrected chi connectivity index (χ1v) is 7.42. The molecule has 0 radical (unpaired) electrons. The van der Waals surface area contributed by atoms with Crippen LogP contribution >= 0.6 is 0 Å². The van der Waals surface area contributed by atoms with E-state index >= 15 is 0 Å². The minimum Gasteiger partial charge on any atom is -0.457 e. The molecule has 1 aliphatic rings. The van der Waals surface area contributed by atoms with Crippen molar-refractivity contribution in [3.8, 4) is 0 Å². The van der Waals surface area contributed by atoms with Gasteiger partial charge in [0.2, 0.25) is 11.8 Å². The van der Waals surface area contributed by atoms with Crippen LogP contribution in [0.3, 0.4) is 0 Å². The van der Waals surface area contributed by atoms with E-state index in [0.717, 1.165) is 4.90 Å². The zero-order valence-electron chi connectivity index (χ0n) is 12.7. The number of carbonyl (C=O) groups is 3. The quantitative estimate of drug-likeness (QED) is 0.640. The highest BCUT2D eigenvalue weighted by Crippen LogP contribution is 2.23. The van der Waals surface area contributed by atoms with Gasteiger partial charge < -0.3 is 4.74 Å². The lowest BCUT2D eigenvalue weighted by molar-refractivity contribution is -0.121. The summed E-state index contributed by atoms with van der Waals surface area (Å²) in [7, 11) is 0. The van der Waals surface area contributed by atoms with Crippen LogP contribution in [-0.4, -0.2) is 17.8 Å². The molecule has 24 heavy (non-hydrogen) atoms. The van der Waals surface area contributed by atoms with E-state index in [4.69, 9.17) is 4.74 Å². The van der Waals surface area contributed by atoms with Gasteiger partial charge in [0.1, 0.15) is 12.4 Å². The maximum atomic E-state index is 12.8. The number of benzene rings is 2. The summed E-state index contributed by atoms with van der Waals surface area (Å²) in [5.74, 6) is -1.38. The maximum Gasteiger partial charge on any atom is 0.338 e. The lowest BCUT2D eigenvalue weighted by Crippen LogP contribution is -2.28. The second-order valence-electron chi connectivity index (χ2n) is 5.37. The number of ether oxygens (including phenoxy) is 1. The number of hydrogen-bond acceptors (Lipinski definition) is 4. The Morgan fingerprint density at radius 1 is 0.958 bits per heavy atom. The first-order chi connectivity index (χ1) is 11.5. The molecule has 122 valence electrons. The van der Waals surface area contributed by atoms with Crippen molar-refractivity contribution < 1.29 is 23.5 Å². The Morgan fingerprint density at radius 2 is 1.54 bits per heavy atom. The second kappa shape index (κ2) is 6.62. The van der Waals surface area contributed by atoms with Crippen LogP contribution in [0.15, 0.2) is 48.5 Å². The van der Waals surface area contributed by atoms with Gasteiger partial charge >= 0.3 is 5.97 Å². The summed E-state index contributed by atoms with van der Waals surface area (Å²) in [6.07, 6.45) is 0.417. The fraction of sp³-hybridized carbons (Fsp3) is 0.167. The molecular weight excluding hydrogens is 313 g/mol. The standard InChI is InChI=1S/C18H14FNO4/c19-14-5-1-12(2-6-14)11-24-18(23)13-3-7-15(8-4-13)20-16(21)9-10-17(20)22/h1-8H,9-11H2. The Labute approximate surface area is 137 Å². The smallest absolute Gasteiger partial charge is 0.338 e. The molecule has 2 aromatic rings. The van der Waals surface area contributed by atoms with Crippen molar-refractivity contribution in [2.75, 3.05) is 4.90 Å². The summed E-state index contributed by atoms with van der Waals surface area (Å²) in [4.78, 5) is 36.5. The topological polar surface area (TPSA) is 63.7 Å². The van der Waals surface area contributed by atoms with Crippen molar-refractivity contribution in [1.82, 2.24) is 0 Å². The molecule has 0 bridgehead atoms. The lowest BCUT2D eigenvalue weighted by atomic mass is 10.2. The van der Waals surface area contributed by atoms with Gasteiger partial charge in [-0.3, -0.25) is 14.5 Å². The third kappa shape index (κ3) is 3.32. The summed E-state index contributed by atoms with van der Waals surface area (Å²) in [6, 6.07) is 11.7. The molecular formula is C18H14FNO4. The van der Waals surface area contributed by atoms with Crippen molar-refractivity contribution in [3.63, 3.8) is 0 Å². The molecule has 0 aliphatic carbocycles. The van der Waals surface area contributed by atoms with Gasteiger partial charge in [0.25, 0.3) is 0 Å². The van der Waals surface area contributed by atoms with Gasteiger partial charge in [0.15, 0.2) is 0 Å². The number of carbonyl (C=O) groups excluding carboxylic acids is 3. The number of esters is 1. The fourth-order valence-corrected chi connectivity index (χ4v) is 2.42. The van der Waals surface area contributed by atoms with Crippen molar-refractivity contribution in [1.29, 1.82) is 0 Å². The zero-order chi connectivity index (χ0) is 17.1. The van der Waals surface area contributed by atoms with Crippen molar-refractivity contribution >= 4 is 23.5 Å². The van der Waals surface area contributed by atoms with Gasteiger partial charge in [0.05, 0.1) is 11.3 Å². The van der Waals surface area contributed by atoms with Gasteiger partial charge in [-0.25, -0.2) is 9.18 Å². The molecule has 5 nitrogen and oxygen atoms in total. The van der Waals surface area contributed by atoms with Crippen LogP contribution in [0.5, 0.6) is 0 Å². The molecule has 6 heteroatoms. The first kappa shape index (κ1) is 15.9. The number of imide groups is 1. The highest BCUT2D eigenvalue weighted by atomic mass is 19.1. The molecule has 1 saturated heterocycles. The Hall–Kier alpha value is -3.02. The van der Waals surface area contributed by atoms with Crippen molar-refractivity contribution in [2.45, 2.75) is 19.4 Å². The number of rotatable bonds is 4. The molecule has 1 aliphatic heterocycles. The van der Waals surface area contributed by atoms with E-state index in [1.165, 1.54) is 48.5 Å². The number of amides is 2. The predicted octanol–water partition coefficient (Wildman–Crippen LogP) is 2.84. The molecule has 3 rings (SSSR count). The first-order valence-electron chi connectivity index (χ1n) is 7.42. The minimum atomic E-state index is -0.537. The van der Waals surface area contributed by atoms with Gasteiger partial charge in [-0.2, -0.15) is 0 Å². The molecule has 2 amide bonds. The molecule has 0 aromatic heterocycles. The minimum absolute atomic E-state index is 0.0317. The van der Waals surface area contributed by atoms with Gasteiger partial charge in [-0.05, 0) is 42.0 Å². The molecule has 0 saturated carbocycles. The predicted molar refractivity (Wildman–Crippen MR) is 83.7 cm³/mol. The Bertz CT molecular complexity index is 768. The molecule has 0 unspecified atom stereocenters. The second-order valence-corrected chi connectivity index (χ2v) is 5.37. The zero-order valence-corrected chi connectivity index (χ0v) is 12.7. The molecule has 1 heterocycles. The van der Waals surface area contributed by atoms with Gasteiger partial charge in [0, 0.05) is 12.8 Å². The van der Waals surface area contributed by atoms with E-state index in [1.807, 2.05) is 0 Å². The summed E-state index contributed by atoms with van der Waals surface area (Å²) in [6.45, 7) is 0.0317. The summed E-state index contributed by atoms with van der Waals surface area (Å²) >= 11 is 0. The molecule has 0 atom stereocenters. The largest absolute Gasteiger partial charge is 0.457 e. The van der Waals surface area contributed by atoms with Crippen LogP contribution in [0.2, 0.25) is 0 Å². The van der Waals surface area contributed by atoms with Crippen LogP contribution in [0.25, 0.3) is 0 Å². The van der Waals surface area contributed by atoms with Gasteiger partial charge in [-0.1, -0.05) is 12.1 Å². The average molecular weight is 327 g/mol. The third-order valence-corrected chi connectivity index (χ3v) is 3.70. The SMILES string of the molecule is O=C(OCc1ccc(F)cc1)c1ccc(N2C(=O)CCC2=O)cc1. The Balaban J connectivity index is 1.64. The van der Waals surface area contributed by atoms with E-state index in [0.29, 0.717) is 16.8 Å². The number of nitrogens with zero attached hydrogens (tertiary/aromatic N) is 1. The van der Waals surface area contributed by atoms with E-state index < -0.39 is 5.97 Å². The number of hydrogen-bond donors (Lipinski definition) is 0. The number of anilines is 1. The highest BCUT2D eigenvalue weighted by Gasteiger charge is 2.30. The molecule has 2 aromatic carbocycles. The molecule has 0 N–H and O–H groups in total. The lowest BCUT2D eigenvalue weighted by Gasteiger charge is -2.14. The van der Waals surface area contributed by atoms with Crippen LogP contribution in [0.4, 0.5) is 10.1 Å². The maximum absolute atomic E-state index is 12.8. The molecule has 0 spiro atoms. The fourth-order valence-electron chi connectivity index (χ4n) is 2.42. The summed E-state index contributed by atoms with van der Waals surface area (Å²) in [5.41, 5.74) is 1.42. The molecule has 1 fully saturated rings. The number of halogens is 1. The summed E-state index contributed by atoms with van der Waals surface area (Å²) < 4.78 is 18.0. The van der Waals surface area contributed by atoms with Crippen LogP contribution < -0.4 is 4.90 Å².